The van der Waals surface area contributed by atoms with Gasteiger partial charge in [-0.25, -0.2) is 4.99 Å². The van der Waals surface area contributed by atoms with Gasteiger partial charge >= 0.3 is 0 Å². The number of para-hydroxylation sites is 1. The Hall–Kier alpha value is -2.87. The molecule has 0 unspecified atom stereocenters. The number of rotatable bonds is 4. The topological polar surface area (TPSA) is 93.6 Å². The van der Waals surface area contributed by atoms with E-state index in [2.05, 4.69) is 10.1 Å². The Morgan fingerprint density at radius 2 is 2.08 bits per heavy atom. The molecule has 122 valence electrons. The largest absolute Gasteiger partial charge is 0.369 e. The molecule has 2 N–H and O–H groups in total. The van der Waals surface area contributed by atoms with E-state index in [0.717, 1.165) is 17.3 Å². The van der Waals surface area contributed by atoms with E-state index in [0.29, 0.717) is 16.6 Å². The van der Waals surface area contributed by atoms with E-state index < -0.39 is 5.91 Å². The number of amidine groups is 1. The van der Waals surface area contributed by atoms with Crippen LogP contribution in [0, 0.1) is 0 Å². The van der Waals surface area contributed by atoms with Crippen molar-refractivity contribution in [2.75, 3.05) is 10.7 Å². The van der Waals surface area contributed by atoms with E-state index >= 15 is 0 Å². The van der Waals surface area contributed by atoms with Crippen LogP contribution in [0.3, 0.4) is 0 Å². The van der Waals surface area contributed by atoms with Gasteiger partial charge in [-0.15, -0.1) is 0 Å². The SMILES string of the molecule is Cn1cc(/C=C2/N=C(SCC(N)=O)N(c3ccccc3)C2=O)cn1. The molecule has 0 spiro atoms. The number of benzene rings is 1. The second-order valence-corrected chi connectivity index (χ2v) is 6.04. The van der Waals surface area contributed by atoms with Crippen molar-refractivity contribution in [3.8, 4) is 0 Å². The molecule has 2 aromatic rings. The first-order valence-corrected chi connectivity index (χ1v) is 8.13. The van der Waals surface area contributed by atoms with Crippen molar-refractivity contribution in [3.63, 3.8) is 0 Å². The van der Waals surface area contributed by atoms with Gasteiger partial charge in [0.05, 0.1) is 17.6 Å². The number of anilines is 1. The van der Waals surface area contributed by atoms with Crippen LogP contribution >= 0.6 is 11.8 Å². The lowest BCUT2D eigenvalue weighted by Crippen LogP contribution is -2.31. The highest BCUT2D eigenvalue weighted by molar-refractivity contribution is 8.14. The molecule has 0 bridgehead atoms. The van der Waals surface area contributed by atoms with Gasteiger partial charge in [0.15, 0.2) is 5.17 Å². The average molecular weight is 341 g/mol. The molecule has 1 aromatic carbocycles. The molecule has 0 fully saturated rings. The Bertz CT molecular complexity index is 841. The van der Waals surface area contributed by atoms with Gasteiger partial charge in [-0.2, -0.15) is 5.10 Å². The van der Waals surface area contributed by atoms with Crippen LogP contribution in [0.15, 0.2) is 53.4 Å². The minimum Gasteiger partial charge on any atom is -0.369 e. The summed E-state index contributed by atoms with van der Waals surface area (Å²) >= 11 is 1.14. The zero-order chi connectivity index (χ0) is 17.1. The molecule has 7 nitrogen and oxygen atoms in total. The minimum absolute atomic E-state index is 0.0512. The van der Waals surface area contributed by atoms with Crippen LogP contribution < -0.4 is 10.6 Å². The van der Waals surface area contributed by atoms with Crippen molar-refractivity contribution in [1.29, 1.82) is 0 Å². The molecular weight excluding hydrogens is 326 g/mol. The highest BCUT2D eigenvalue weighted by Crippen LogP contribution is 2.29. The van der Waals surface area contributed by atoms with Gasteiger partial charge < -0.3 is 5.73 Å². The monoisotopic (exact) mass is 341 g/mol. The lowest BCUT2D eigenvalue weighted by atomic mass is 10.2. The van der Waals surface area contributed by atoms with Crippen LogP contribution in [-0.2, 0) is 16.6 Å². The molecule has 0 radical (unpaired) electrons. The van der Waals surface area contributed by atoms with Crippen LogP contribution in [0.2, 0.25) is 0 Å². The van der Waals surface area contributed by atoms with Gasteiger partial charge in [0, 0.05) is 18.8 Å². The number of amides is 2. The van der Waals surface area contributed by atoms with Crippen molar-refractivity contribution >= 4 is 40.5 Å². The molecule has 1 aromatic heterocycles. The molecule has 2 amide bonds. The molecular formula is C16H15N5O2S. The number of nitrogens with zero attached hydrogens (tertiary/aromatic N) is 4. The zero-order valence-electron chi connectivity index (χ0n) is 12.9. The summed E-state index contributed by atoms with van der Waals surface area (Å²) in [7, 11) is 1.80. The van der Waals surface area contributed by atoms with Crippen molar-refractivity contribution < 1.29 is 9.59 Å². The fourth-order valence-corrected chi connectivity index (χ4v) is 2.96. The van der Waals surface area contributed by atoms with Crippen LogP contribution in [0.1, 0.15) is 5.56 Å². The first-order valence-electron chi connectivity index (χ1n) is 7.14. The molecule has 3 rings (SSSR count). The number of carbonyl (C=O) groups is 2. The van der Waals surface area contributed by atoms with Gasteiger partial charge in [0.2, 0.25) is 5.91 Å². The highest BCUT2D eigenvalue weighted by Gasteiger charge is 2.32. The van der Waals surface area contributed by atoms with Crippen LogP contribution in [0.4, 0.5) is 5.69 Å². The maximum Gasteiger partial charge on any atom is 0.283 e. The van der Waals surface area contributed by atoms with E-state index in [1.54, 1.807) is 30.2 Å². The number of aromatic nitrogens is 2. The normalized spacial score (nSPS) is 15.9. The first-order chi connectivity index (χ1) is 11.5. The summed E-state index contributed by atoms with van der Waals surface area (Å²) in [5.74, 6) is -0.667. The summed E-state index contributed by atoms with van der Waals surface area (Å²) in [4.78, 5) is 29.7. The standard InChI is InChI=1S/C16H15N5O2S/c1-20-9-11(8-18-20)7-13-15(23)21(12-5-3-2-4-6-12)16(19-13)24-10-14(17)22/h2-9H,10H2,1H3,(H2,17,22)/b13-7+. The molecule has 0 atom stereocenters. The molecule has 8 heteroatoms. The number of aryl methyl sites for hydroxylation is 1. The number of hydrogen-bond acceptors (Lipinski definition) is 5. The summed E-state index contributed by atoms with van der Waals surface area (Å²) in [5.41, 5.74) is 6.96. The highest BCUT2D eigenvalue weighted by atomic mass is 32.2. The smallest absolute Gasteiger partial charge is 0.283 e. The van der Waals surface area contributed by atoms with Crippen LogP contribution in [0.25, 0.3) is 6.08 Å². The fourth-order valence-electron chi connectivity index (χ4n) is 2.21. The number of carbonyl (C=O) groups excluding carboxylic acids is 2. The Morgan fingerprint density at radius 3 is 2.71 bits per heavy atom. The molecule has 2 heterocycles. The first kappa shape index (κ1) is 16.0. The van der Waals surface area contributed by atoms with E-state index in [1.807, 2.05) is 30.3 Å². The third-order valence-corrected chi connectivity index (χ3v) is 4.18. The van der Waals surface area contributed by atoms with Gasteiger partial charge in [-0.1, -0.05) is 30.0 Å². The second kappa shape index (κ2) is 6.71. The van der Waals surface area contributed by atoms with Crippen molar-refractivity contribution in [3.05, 3.63) is 54.0 Å². The number of aliphatic imine (C=N–C) groups is 1. The van der Waals surface area contributed by atoms with Gasteiger partial charge in [-0.05, 0) is 18.2 Å². The summed E-state index contributed by atoms with van der Waals surface area (Å²) < 4.78 is 1.65. The Balaban J connectivity index is 1.96. The minimum atomic E-state index is -0.465. The average Bonchev–Trinajstić information content (AvgIpc) is 3.10. The molecule has 1 aliphatic heterocycles. The summed E-state index contributed by atoms with van der Waals surface area (Å²) in [5, 5.41) is 4.50. The Morgan fingerprint density at radius 1 is 1.33 bits per heavy atom. The predicted octanol–water partition coefficient (Wildman–Crippen LogP) is 1.38. The third kappa shape index (κ3) is 3.38. The van der Waals surface area contributed by atoms with E-state index in [4.69, 9.17) is 5.73 Å². The Labute approximate surface area is 142 Å². The zero-order valence-corrected chi connectivity index (χ0v) is 13.7. The molecule has 0 saturated carbocycles. The molecule has 0 aliphatic carbocycles. The predicted molar refractivity (Wildman–Crippen MR) is 94.2 cm³/mol. The van der Waals surface area contributed by atoms with Gasteiger partial charge in [-0.3, -0.25) is 19.2 Å². The second-order valence-electron chi connectivity index (χ2n) is 5.10. The van der Waals surface area contributed by atoms with Crippen molar-refractivity contribution in [1.82, 2.24) is 9.78 Å². The van der Waals surface area contributed by atoms with Crippen LogP contribution in [0.5, 0.6) is 0 Å². The quantitative estimate of drug-likeness (QED) is 0.850. The van der Waals surface area contributed by atoms with Gasteiger partial charge in [0.1, 0.15) is 5.70 Å². The number of nitrogens with two attached hydrogens (primary N) is 1. The van der Waals surface area contributed by atoms with Gasteiger partial charge in [0.25, 0.3) is 5.91 Å². The molecule has 0 saturated heterocycles. The lowest BCUT2D eigenvalue weighted by molar-refractivity contribution is -0.115. The maximum atomic E-state index is 12.8. The van der Waals surface area contributed by atoms with E-state index in [-0.39, 0.29) is 11.7 Å². The number of primary amides is 1. The number of thioether (sulfide) groups is 1. The summed E-state index contributed by atoms with van der Waals surface area (Å²) in [6.45, 7) is 0. The van der Waals surface area contributed by atoms with Crippen molar-refractivity contribution in [2.24, 2.45) is 17.8 Å². The Kier molecular flexibility index (Phi) is 4.48. The van der Waals surface area contributed by atoms with Crippen LogP contribution in [-0.4, -0.2) is 32.5 Å². The summed E-state index contributed by atoms with van der Waals surface area (Å²) in [6, 6.07) is 9.16. The fraction of sp³-hybridized carbons (Fsp3) is 0.125. The number of hydrogen-bond donors (Lipinski definition) is 1. The summed E-state index contributed by atoms with van der Waals surface area (Å²) in [6.07, 6.45) is 5.11. The third-order valence-electron chi connectivity index (χ3n) is 3.22. The lowest BCUT2D eigenvalue weighted by Gasteiger charge is -2.17. The molecule has 24 heavy (non-hydrogen) atoms. The van der Waals surface area contributed by atoms with E-state index in [1.165, 1.54) is 4.90 Å². The van der Waals surface area contributed by atoms with Crippen molar-refractivity contribution in [2.45, 2.75) is 0 Å². The molecule has 1 aliphatic rings. The van der Waals surface area contributed by atoms with E-state index in [9.17, 15) is 9.59 Å². The maximum absolute atomic E-state index is 12.8.